The fourth-order valence-corrected chi connectivity index (χ4v) is 1.61. The second-order valence-corrected chi connectivity index (χ2v) is 5.04. The normalized spacial score (nSPS) is 10.8. The van der Waals surface area contributed by atoms with Crippen molar-refractivity contribution in [3.05, 3.63) is 24.0 Å². The topological polar surface area (TPSA) is 94.9 Å². The Balaban J connectivity index is 2.53. The summed E-state index contributed by atoms with van der Waals surface area (Å²) < 4.78 is 24.4. The third-order valence-electron chi connectivity index (χ3n) is 1.89. The third kappa shape index (κ3) is 3.84. The van der Waals surface area contributed by atoms with Gasteiger partial charge in [0, 0.05) is 18.4 Å². The smallest absolute Gasteiger partial charge is 0.213 e. The molecule has 2 N–H and O–H groups in total. The van der Waals surface area contributed by atoms with Crippen molar-refractivity contribution < 1.29 is 8.42 Å². The van der Waals surface area contributed by atoms with Crippen molar-refractivity contribution >= 4 is 15.7 Å². The minimum atomic E-state index is -3.20. The van der Waals surface area contributed by atoms with E-state index in [2.05, 4.69) is 15.0 Å². The SMILES string of the molecule is CNS(=O)(=O)CCNc1ccnc(C#N)c1. The predicted octanol–water partition coefficient (Wildman–Crippen LogP) is -0.0856. The molecular formula is C9H12N4O2S. The highest BCUT2D eigenvalue weighted by atomic mass is 32.2. The molecule has 0 amide bonds. The Morgan fingerprint density at radius 1 is 1.56 bits per heavy atom. The Morgan fingerprint density at radius 2 is 2.31 bits per heavy atom. The van der Waals surface area contributed by atoms with E-state index in [0.717, 1.165) is 0 Å². The molecule has 0 aromatic carbocycles. The van der Waals surface area contributed by atoms with Crippen molar-refractivity contribution in [1.82, 2.24) is 9.71 Å². The summed E-state index contributed by atoms with van der Waals surface area (Å²) in [5.74, 6) is -0.0201. The van der Waals surface area contributed by atoms with Crippen molar-refractivity contribution in [1.29, 1.82) is 5.26 Å². The van der Waals surface area contributed by atoms with E-state index in [9.17, 15) is 8.42 Å². The van der Waals surface area contributed by atoms with Crippen LogP contribution in [0, 0.1) is 11.3 Å². The van der Waals surface area contributed by atoms with E-state index in [1.54, 1.807) is 12.1 Å². The molecule has 0 fully saturated rings. The average Bonchev–Trinajstić information content (AvgIpc) is 2.29. The molecule has 0 saturated heterocycles. The lowest BCUT2D eigenvalue weighted by atomic mass is 10.3. The van der Waals surface area contributed by atoms with Crippen LogP contribution in [0.4, 0.5) is 5.69 Å². The molecule has 1 aromatic heterocycles. The van der Waals surface area contributed by atoms with Gasteiger partial charge in [-0.3, -0.25) is 0 Å². The third-order valence-corrected chi connectivity index (χ3v) is 3.25. The van der Waals surface area contributed by atoms with Crippen LogP contribution in [0.2, 0.25) is 0 Å². The molecule has 0 aliphatic heterocycles. The first-order valence-electron chi connectivity index (χ1n) is 4.58. The van der Waals surface area contributed by atoms with Crippen LogP contribution < -0.4 is 10.0 Å². The van der Waals surface area contributed by atoms with Gasteiger partial charge in [-0.25, -0.2) is 18.1 Å². The Hall–Kier alpha value is -1.65. The van der Waals surface area contributed by atoms with Crippen molar-refractivity contribution in [2.45, 2.75) is 0 Å². The monoisotopic (exact) mass is 240 g/mol. The van der Waals surface area contributed by atoms with Crippen LogP contribution in [-0.2, 0) is 10.0 Å². The van der Waals surface area contributed by atoms with Gasteiger partial charge in [0.25, 0.3) is 0 Å². The van der Waals surface area contributed by atoms with Gasteiger partial charge in [-0.1, -0.05) is 0 Å². The van der Waals surface area contributed by atoms with E-state index >= 15 is 0 Å². The summed E-state index contributed by atoms with van der Waals surface area (Å²) in [6, 6.07) is 5.14. The Morgan fingerprint density at radius 3 is 2.94 bits per heavy atom. The predicted molar refractivity (Wildman–Crippen MR) is 60.3 cm³/mol. The first-order chi connectivity index (χ1) is 7.57. The summed E-state index contributed by atoms with van der Waals surface area (Å²) in [6.45, 7) is 0.276. The highest BCUT2D eigenvalue weighted by Crippen LogP contribution is 2.06. The van der Waals surface area contributed by atoms with Gasteiger partial charge in [0.1, 0.15) is 11.8 Å². The molecular weight excluding hydrogens is 228 g/mol. The van der Waals surface area contributed by atoms with Crippen LogP contribution in [0.25, 0.3) is 0 Å². The van der Waals surface area contributed by atoms with E-state index in [1.807, 2.05) is 6.07 Å². The minimum absolute atomic E-state index is 0.0201. The maximum Gasteiger partial charge on any atom is 0.213 e. The van der Waals surface area contributed by atoms with Crippen LogP contribution in [0.3, 0.4) is 0 Å². The standard InChI is InChI=1S/C9H12N4O2S/c1-11-16(14,15)5-4-13-8-2-3-12-9(6-8)7-10/h2-3,6,11H,4-5H2,1H3,(H,12,13). The molecule has 0 radical (unpaired) electrons. The van der Waals surface area contributed by atoms with Crippen LogP contribution in [0.15, 0.2) is 18.3 Å². The molecule has 7 heteroatoms. The number of hydrogen-bond acceptors (Lipinski definition) is 5. The molecule has 1 heterocycles. The first kappa shape index (κ1) is 12.4. The number of rotatable bonds is 5. The number of hydrogen-bond donors (Lipinski definition) is 2. The van der Waals surface area contributed by atoms with E-state index in [-0.39, 0.29) is 12.3 Å². The quantitative estimate of drug-likeness (QED) is 0.750. The lowest BCUT2D eigenvalue weighted by Gasteiger charge is -2.06. The summed E-state index contributed by atoms with van der Waals surface area (Å²) >= 11 is 0. The molecule has 0 aliphatic rings. The number of aromatic nitrogens is 1. The molecule has 1 aromatic rings. The highest BCUT2D eigenvalue weighted by molar-refractivity contribution is 7.89. The molecule has 0 atom stereocenters. The van der Waals surface area contributed by atoms with Gasteiger partial charge < -0.3 is 5.32 Å². The number of anilines is 1. The van der Waals surface area contributed by atoms with Crippen LogP contribution in [-0.4, -0.2) is 32.7 Å². The molecule has 0 spiro atoms. The van der Waals surface area contributed by atoms with Crippen LogP contribution >= 0.6 is 0 Å². The summed E-state index contributed by atoms with van der Waals surface area (Å²) in [4.78, 5) is 3.80. The van der Waals surface area contributed by atoms with Gasteiger partial charge >= 0.3 is 0 Å². The van der Waals surface area contributed by atoms with Crippen molar-refractivity contribution in [2.75, 3.05) is 24.7 Å². The maximum absolute atomic E-state index is 11.1. The van der Waals surface area contributed by atoms with Crippen LogP contribution in [0.1, 0.15) is 5.69 Å². The van der Waals surface area contributed by atoms with Gasteiger partial charge in [0.15, 0.2) is 0 Å². The van der Waals surface area contributed by atoms with Gasteiger partial charge in [0.05, 0.1) is 5.75 Å². The molecule has 0 saturated carbocycles. The lowest BCUT2D eigenvalue weighted by molar-refractivity contribution is 0.588. The molecule has 0 bridgehead atoms. The maximum atomic E-state index is 11.1. The molecule has 1 rings (SSSR count). The fourth-order valence-electron chi connectivity index (χ4n) is 1.03. The largest absolute Gasteiger partial charge is 0.384 e. The van der Waals surface area contributed by atoms with Crippen molar-refractivity contribution in [3.8, 4) is 6.07 Å². The zero-order chi connectivity index (χ0) is 12.0. The summed E-state index contributed by atoms with van der Waals surface area (Å²) in [5, 5.41) is 11.5. The van der Waals surface area contributed by atoms with Crippen LogP contribution in [0.5, 0.6) is 0 Å². The number of sulfonamides is 1. The average molecular weight is 240 g/mol. The van der Waals surface area contributed by atoms with Gasteiger partial charge in [-0.05, 0) is 19.2 Å². The highest BCUT2D eigenvalue weighted by Gasteiger charge is 2.05. The molecule has 0 aliphatic carbocycles. The lowest BCUT2D eigenvalue weighted by Crippen LogP contribution is -2.26. The molecule has 6 nitrogen and oxygen atoms in total. The molecule has 86 valence electrons. The summed E-state index contributed by atoms with van der Waals surface area (Å²) in [5.41, 5.74) is 0.972. The Labute approximate surface area is 94.4 Å². The number of nitriles is 1. The number of nitrogens with zero attached hydrogens (tertiary/aromatic N) is 2. The zero-order valence-corrected chi connectivity index (χ0v) is 9.58. The fraction of sp³-hybridized carbons (Fsp3) is 0.333. The van der Waals surface area contributed by atoms with E-state index in [1.165, 1.54) is 13.2 Å². The molecule has 0 unspecified atom stereocenters. The van der Waals surface area contributed by atoms with Gasteiger partial charge in [-0.15, -0.1) is 0 Å². The second-order valence-electron chi connectivity index (χ2n) is 2.99. The van der Waals surface area contributed by atoms with Gasteiger partial charge in [0.2, 0.25) is 10.0 Å². The Bertz CT molecular complexity index is 492. The zero-order valence-electron chi connectivity index (χ0n) is 8.77. The van der Waals surface area contributed by atoms with Gasteiger partial charge in [-0.2, -0.15) is 5.26 Å². The van der Waals surface area contributed by atoms with E-state index in [0.29, 0.717) is 11.4 Å². The van der Waals surface area contributed by atoms with E-state index < -0.39 is 10.0 Å². The second kappa shape index (κ2) is 5.44. The van der Waals surface area contributed by atoms with Crippen molar-refractivity contribution in [3.63, 3.8) is 0 Å². The number of nitrogens with one attached hydrogen (secondary N) is 2. The number of pyridine rings is 1. The minimum Gasteiger partial charge on any atom is -0.384 e. The Kier molecular flexibility index (Phi) is 4.22. The van der Waals surface area contributed by atoms with E-state index in [4.69, 9.17) is 5.26 Å². The summed E-state index contributed by atoms with van der Waals surface area (Å²) in [7, 11) is -1.83. The molecule has 16 heavy (non-hydrogen) atoms. The summed E-state index contributed by atoms with van der Waals surface area (Å²) in [6.07, 6.45) is 1.49. The first-order valence-corrected chi connectivity index (χ1v) is 6.24. The van der Waals surface area contributed by atoms with Crippen molar-refractivity contribution in [2.24, 2.45) is 0 Å².